The number of nitrogens with two attached hydrogens (primary N) is 1. The molecule has 0 spiro atoms. The number of hydrogen-bond acceptors (Lipinski definition) is 2. The molecule has 0 aromatic heterocycles. The fourth-order valence-corrected chi connectivity index (χ4v) is 3.72. The smallest absolute Gasteiger partial charge is 0.125 e. The van der Waals surface area contributed by atoms with Gasteiger partial charge in [-0.15, -0.1) is 0 Å². The van der Waals surface area contributed by atoms with Crippen molar-refractivity contribution in [3.63, 3.8) is 0 Å². The molecule has 18 heavy (non-hydrogen) atoms. The molecule has 0 bridgehead atoms. The summed E-state index contributed by atoms with van der Waals surface area (Å²) < 4.78 is 5.78. The third kappa shape index (κ3) is 2.12. The maximum Gasteiger partial charge on any atom is 0.125 e. The van der Waals surface area contributed by atoms with Gasteiger partial charge in [0.2, 0.25) is 0 Å². The van der Waals surface area contributed by atoms with Crippen LogP contribution in [-0.2, 0) is 12.8 Å². The van der Waals surface area contributed by atoms with Crippen LogP contribution in [-0.4, -0.2) is 13.2 Å². The van der Waals surface area contributed by atoms with Crippen LogP contribution in [0.25, 0.3) is 0 Å². The molecule has 1 aromatic carbocycles. The van der Waals surface area contributed by atoms with Crippen molar-refractivity contribution < 1.29 is 4.74 Å². The molecule has 0 amide bonds. The van der Waals surface area contributed by atoms with Gasteiger partial charge < -0.3 is 10.5 Å². The SMILES string of the molecule is NCC1(Cc2cc(Cl)cc3c2OCC3)CCCC1. The van der Waals surface area contributed by atoms with Crippen molar-refractivity contribution in [2.45, 2.75) is 38.5 Å². The van der Waals surface area contributed by atoms with Crippen molar-refractivity contribution in [3.8, 4) is 5.75 Å². The summed E-state index contributed by atoms with van der Waals surface area (Å²) >= 11 is 6.22. The predicted molar refractivity (Wildman–Crippen MR) is 74.3 cm³/mol. The highest BCUT2D eigenvalue weighted by Crippen LogP contribution is 2.43. The molecule has 2 nitrogen and oxygen atoms in total. The molecular weight excluding hydrogens is 246 g/mol. The normalized spacial score (nSPS) is 20.8. The molecule has 0 unspecified atom stereocenters. The maximum atomic E-state index is 6.22. The zero-order valence-electron chi connectivity index (χ0n) is 10.7. The molecule has 3 heteroatoms. The van der Waals surface area contributed by atoms with Crippen LogP contribution in [0.3, 0.4) is 0 Å². The van der Waals surface area contributed by atoms with Gasteiger partial charge in [0.15, 0.2) is 0 Å². The Bertz CT molecular complexity index is 452. The van der Waals surface area contributed by atoms with E-state index in [1.165, 1.54) is 36.8 Å². The minimum Gasteiger partial charge on any atom is -0.493 e. The Kier molecular flexibility index (Phi) is 3.25. The second kappa shape index (κ2) is 4.75. The minimum absolute atomic E-state index is 0.282. The second-order valence-electron chi connectivity index (χ2n) is 5.74. The minimum atomic E-state index is 0.282. The highest BCUT2D eigenvalue weighted by Gasteiger charge is 2.34. The molecule has 1 fully saturated rings. The highest BCUT2D eigenvalue weighted by molar-refractivity contribution is 6.30. The molecule has 2 aliphatic rings. The first kappa shape index (κ1) is 12.3. The van der Waals surface area contributed by atoms with Crippen LogP contribution in [0.2, 0.25) is 5.02 Å². The third-order valence-electron chi connectivity index (χ3n) is 4.49. The zero-order chi connectivity index (χ0) is 12.6. The lowest BCUT2D eigenvalue weighted by atomic mass is 9.79. The largest absolute Gasteiger partial charge is 0.493 e. The summed E-state index contributed by atoms with van der Waals surface area (Å²) in [5.74, 6) is 1.08. The molecule has 1 aliphatic heterocycles. The third-order valence-corrected chi connectivity index (χ3v) is 4.71. The topological polar surface area (TPSA) is 35.2 Å². The Morgan fingerprint density at radius 3 is 2.78 bits per heavy atom. The van der Waals surface area contributed by atoms with Gasteiger partial charge in [0.25, 0.3) is 0 Å². The maximum absolute atomic E-state index is 6.22. The molecule has 3 rings (SSSR count). The highest BCUT2D eigenvalue weighted by atomic mass is 35.5. The standard InChI is InChI=1S/C15H20ClNO/c16-13-7-11-3-6-18-14(11)12(8-13)9-15(10-17)4-1-2-5-15/h7-8H,1-6,9-10,17H2. The van der Waals surface area contributed by atoms with Crippen molar-refractivity contribution in [1.29, 1.82) is 0 Å². The summed E-state index contributed by atoms with van der Waals surface area (Å²) in [6.45, 7) is 1.56. The Hall–Kier alpha value is -0.730. The summed E-state index contributed by atoms with van der Waals surface area (Å²) in [7, 11) is 0. The summed E-state index contributed by atoms with van der Waals surface area (Å²) in [6.07, 6.45) is 7.10. The zero-order valence-corrected chi connectivity index (χ0v) is 11.4. The predicted octanol–water partition coefficient (Wildman–Crippen LogP) is 3.34. The van der Waals surface area contributed by atoms with Crippen molar-refractivity contribution in [2.75, 3.05) is 13.2 Å². The van der Waals surface area contributed by atoms with E-state index in [1.54, 1.807) is 0 Å². The fraction of sp³-hybridized carbons (Fsp3) is 0.600. The van der Waals surface area contributed by atoms with E-state index in [-0.39, 0.29) is 5.41 Å². The Morgan fingerprint density at radius 1 is 1.28 bits per heavy atom. The monoisotopic (exact) mass is 265 g/mol. The average Bonchev–Trinajstić information content (AvgIpc) is 2.98. The summed E-state index contributed by atoms with van der Waals surface area (Å²) in [5, 5.41) is 0.833. The van der Waals surface area contributed by atoms with Crippen LogP contribution in [0.4, 0.5) is 0 Å². The van der Waals surface area contributed by atoms with Gasteiger partial charge >= 0.3 is 0 Å². The lowest BCUT2D eigenvalue weighted by Gasteiger charge is -2.28. The Labute approximate surface area is 113 Å². The lowest BCUT2D eigenvalue weighted by molar-refractivity contribution is 0.296. The molecule has 0 atom stereocenters. The number of ether oxygens (including phenoxy) is 1. The van der Waals surface area contributed by atoms with Gasteiger partial charge in [0, 0.05) is 11.4 Å². The Balaban J connectivity index is 1.92. The van der Waals surface area contributed by atoms with Crippen LogP contribution in [0.15, 0.2) is 12.1 Å². The molecule has 0 radical (unpaired) electrons. The van der Waals surface area contributed by atoms with Gasteiger partial charge in [0.05, 0.1) is 6.61 Å². The van der Waals surface area contributed by atoms with E-state index in [9.17, 15) is 0 Å². The molecule has 1 aliphatic carbocycles. The molecular formula is C15H20ClNO. The van der Waals surface area contributed by atoms with Gasteiger partial charge in [-0.05, 0) is 54.5 Å². The van der Waals surface area contributed by atoms with Crippen LogP contribution < -0.4 is 10.5 Å². The van der Waals surface area contributed by atoms with E-state index in [4.69, 9.17) is 22.1 Å². The fourth-order valence-electron chi connectivity index (χ4n) is 3.46. The van der Waals surface area contributed by atoms with E-state index in [2.05, 4.69) is 6.07 Å². The first-order valence-electron chi connectivity index (χ1n) is 6.87. The Morgan fingerprint density at radius 2 is 2.06 bits per heavy atom. The number of halogens is 1. The van der Waals surface area contributed by atoms with Gasteiger partial charge in [-0.3, -0.25) is 0 Å². The lowest BCUT2D eigenvalue weighted by Crippen LogP contribution is -2.29. The van der Waals surface area contributed by atoms with E-state index in [0.717, 1.165) is 36.8 Å². The van der Waals surface area contributed by atoms with Crippen molar-refractivity contribution >= 4 is 11.6 Å². The van der Waals surface area contributed by atoms with Gasteiger partial charge in [-0.25, -0.2) is 0 Å². The molecule has 0 saturated heterocycles. The van der Waals surface area contributed by atoms with Crippen LogP contribution in [0.1, 0.15) is 36.8 Å². The van der Waals surface area contributed by atoms with E-state index < -0.39 is 0 Å². The van der Waals surface area contributed by atoms with E-state index >= 15 is 0 Å². The van der Waals surface area contributed by atoms with Crippen LogP contribution in [0, 0.1) is 5.41 Å². The van der Waals surface area contributed by atoms with Crippen molar-refractivity contribution in [2.24, 2.45) is 11.1 Å². The quantitative estimate of drug-likeness (QED) is 0.910. The van der Waals surface area contributed by atoms with Crippen LogP contribution in [0.5, 0.6) is 5.75 Å². The van der Waals surface area contributed by atoms with Gasteiger partial charge in [0.1, 0.15) is 5.75 Å². The first-order chi connectivity index (χ1) is 8.72. The van der Waals surface area contributed by atoms with E-state index in [1.807, 2.05) is 6.07 Å². The molecule has 1 heterocycles. The number of rotatable bonds is 3. The first-order valence-corrected chi connectivity index (χ1v) is 7.24. The second-order valence-corrected chi connectivity index (χ2v) is 6.18. The molecule has 1 saturated carbocycles. The summed E-state index contributed by atoms with van der Waals surface area (Å²) in [5.41, 5.74) is 8.84. The number of benzene rings is 1. The van der Waals surface area contributed by atoms with Gasteiger partial charge in [-0.2, -0.15) is 0 Å². The van der Waals surface area contributed by atoms with Crippen molar-refractivity contribution in [1.82, 2.24) is 0 Å². The van der Waals surface area contributed by atoms with Gasteiger partial charge in [-0.1, -0.05) is 24.4 Å². The molecule has 2 N–H and O–H groups in total. The molecule has 98 valence electrons. The molecule has 1 aromatic rings. The van der Waals surface area contributed by atoms with E-state index in [0.29, 0.717) is 0 Å². The number of hydrogen-bond donors (Lipinski definition) is 1. The van der Waals surface area contributed by atoms with Crippen molar-refractivity contribution in [3.05, 3.63) is 28.3 Å². The summed E-state index contributed by atoms with van der Waals surface area (Å²) in [4.78, 5) is 0. The number of fused-ring (bicyclic) bond motifs is 1. The average molecular weight is 266 g/mol. The van der Waals surface area contributed by atoms with Crippen LogP contribution >= 0.6 is 11.6 Å². The summed E-state index contributed by atoms with van der Waals surface area (Å²) in [6, 6.07) is 4.11.